The van der Waals surface area contributed by atoms with Crippen LogP contribution in [0.5, 0.6) is 0 Å². The van der Waals surface area contributed by atoms with Gasteiger partial charge >= 0.3 is 0 Å². The van der Waals surface area contributed by atoms with Crippen molar-refractivity contribution in [3.63, 3.8) is 0 Å². The van der Waals surface area contributed by atoms with Crippen molar-refractivity contribution in [2.24, 2.45) is 5.14 Å². The van der Waals surface area contributed by atoms with E-state index in [1.165, 1.54) is 4.68 Å². The van der Waals surface area contributed by atoms with Crippen LogP contribution in [0.25, 0.3) is 0 Å². The van der Waals surface area contributed by atoms with Crippen LogP contribution in [-0.2, 0) is 16.6 Å². The van der Waals surface area contributed by atoms with E-state index >= 15 is 0 Å². The van der Waals surface area contributed by atoms with Gasteiger partial charge in [-0.1, -0.05) is 6.42 Å². The minimum atomic E-state index is -3.31. The maximum absolute atomic E-state index is 10.6. The monoisotopic (exact) mass is 218 g/mol. The van der Waals surface area contributed by atoms with Gasteiger partial charge in [-0.05, 0) is 23.3 Å². The first-order valence-corrected chi connectivity index (χ1v) is 5.94. The van der Waals surface area contributed by atoms with Crippen molar-refractivity contribution >= 4 is 10.0 Å². The second-order valence-corrected chi connectivity index (χ2v) is 4.66. The van der Waals surface area contributed by atoms with Gasteiger partial charge in [-0.3, -0.25) is 0 Å². The van der Waals surface area contributed by atoms with E-state index in [0.717, 1.165) is 12.8 Å². The Bertz CT molecular complexity index is 346. The maximum Gasteiger partial charge on any atom is 0.221 e. The standard InChI is InChI=1S/C6H12N5O2S/c7-14(12,13)5-3-1-2-4-11-6-8-9-10-11/h1-5H2,(H2,7,12,13). The Kier molecular flexibility index (Phi) is 3.96. The second kappa shape index (κ2) is 5.01. The first kappa shape index (κ1) is 11.1. The SMILES string of the molecule is NS(=O)(=O)CCCCCn1[c]nnn1. The average Bonchev–Trinajstić information content (AvgIpc) is 2.54. The zero-order valence-electron chi connectivity index (χ0n) is 7.63. The Morgan fingerprint density at radius 3 is 2.64 bits per heavy atom. The molecular formula is C6H12N5O2S. The number of tetrazole rings is 1. The van der Waals surface area contributed by atoms with Gasteiger partial charge in [0.25, 0.3) is 0 Å². The molecule has 14 heavy (non-hydrogen) atoms. The third-order valence-corrected chi connectivity index (χ3v) is 2.51. The van der Waals surface area contributed by atoms with Crippen LogP contribution in [0.15, 0.2) is 0 Å². The molecule has 0 aromatic carbocycles. The molecule has 0 fully saturated rings. The largest absolute Gasteiger partial charge is 0.229 e. The summed E-state index contributed by atoms with van der Waals surface area (Å²) in [5.41, 5.74) is 0. The van der Waals surface area contributed by atoms with Crippen molar-refractivity contribution in [3.05, 3.63) is 6.33 Å². The highest BCUT2D eigenvalue weighted by Crippen LogP contribution is 1.98. The van der Waals surface area contributed by atoms with Crippen molar-refractivity contribution in [2.75, 3.05) is 5.75 Å². The number of aryl methyl sites for hydroxylation is 1. The van der Waals surface area contributed by atoms with Gasteiger partial charge in [0.1, 0.15) is 0 Å². The first-order valence-electron chi connectivity index (χ1n) is 4.22. The number of aromatic nitrogens is 4. The van der Waals surface area contributed by atoms with Crippen LogP contribution in [-0.4, -0.2) is 34.4 Å². The molecule has 0 unspecified atom stereocenters. The smallest absolute Gasteiger partial charge is 0.221 e. The van der Waals surface area contributed by atoms with E-state index in [-0.39, 0.29) is 5.75 Å². The molecule has 0 atom stereocenters. The Balaban J connectivity index is 2.06. The Morgan fingerprint density at radius 2 is 2.07 bits per heavy atom. The lowest BCUT2D eigenvalue weighted by molar-refractivity contribution is 0.532. The third kappa shape index (κ3) is 4.87. The molecule has 1 heterocycles. The summed E-state index contributed by atoms with van der Waals surface area (Å²) in [5, 5.41) is 15.2. The molecule has 0 saturated heterocycles. The summed E-state index contributed by atoms with van der Waals surface area (Å²) >= 11 is 0. The first-order chi connectivity index (χ1) is 6.58. The molecule has 1 radical (unpaired) electrons. The number of primary sulfonamides is 1. The number of hydrogen-bond acceptors (Lipinski definition) is 5. The third-order valence-electron chi connectivity index (χ3n) is 1.65. The Morgan fingerprint density at radius 1 is 1.29 bits per heavy atom. The fraction of sp³-hybridized carbons (Fsp3) is 0.833. The number of rotatable bonds is 6. The minimum Gasteiger partial charge on any atom is -0.229 e. The summed E-state index contributed by atoms with van der Waals surface area (Å²) in [4.78, 5) is 0. The fourth-order valence-corrected chi connectivity index (χ4v) is 1.60. The topological polar surface area (TPSA) is 104 Å². The van der Waals surface area contributed by atoms with Gasteiger partial charge in [-0.15, -0.1) is 5.10 Å². The highest BCUT2D eigenvalue weighted by molar-refractivity contribution is 7.89. The van der Waals surface area contributed by atoms with Crippen LogP contribution in [0, 0.1) is 6.33 Å². The van der Waals surface area contributed by atoms with Gasteiger partial charge in [0, 0.05) is 6.54 Å². The van der Waals surface area contributed by atoms with E-state index in [1.54, 1.807) is 0 Å². The van der Waals surface area contributed by atoms with Crippen LogP contribution in [0.4, 0.5) is 0 Å². The fourth-order valence-electron chi connectivity index (χ4n) is 0.996. The summed E-state index contributed by atoms with van der Waals surface area (Å²) in [6, 6.07) is 0. The number of unbranched alkanes of at least 4 members (excludes halogenated alkanes) is 2. The maximum atomic E-state index is 10.6. The molecule has 79 valence electrons. The zero-order valence-corrected chi connectivity index (χ0v) is 8.44. The minimum absolute atomic E-state index is 0.0340. The van der Waals surface area contributed by atoms with Crippen LogP contribution in [0.1, 0.15) is 19.3 Å². The van der Waals surface area contributed by atoms with Gasteiger partial charge in [0.05, 0.1) is 5.75 Å². The molecular weight excluding hydrogens is 206 g/mol. The molecule has 0 bridgehead atoms. The summed E-state index contributed by atoms with van der Waals surface area (Å²) in [5.74, 6) is 0.0340. The quantitative estimate of drug-likeness (QED) is 0.612. The highest BCUT2D eigenvalue weighted by Gasteiger charge is 2.01. The molecule has 0 saturated carbocycles. The molecule has 1 aromatic heterocycles. The van der Waals surface area contributed by atoms with Crippen LogP contribution < -0.4 is 5.14 Å². The predicted octanol–water partition coefficient (Wildman–Crippen LogP) is -1.07. The summed E-state index contributed by atoms with van der Waals surface area (Å²) in [6.07, 6.45) is 4.71. The van der Waals surface area contributed by atoms with Gasteiger partial charge in [0.15, 0.2) is 0 Å². The van der Waals surface area contributed by atoms with E-state index in [2.05, 4.69) is 21.9 Å². The summed E-state index contributed by atoms with van der Waals surface area (Å²) in [7, 11) is -3.31. The van der Waals surface area contributed by atoms with Gasteiger partial charge in [0.2, 0.25) is 16.4 Å². The van der Waals surface area contributed by atoms with Crippen molar-refractivity contribution in [1.82, 2.24) is 20.2 Å². The predicted molar refractivity (Wildman–Crippen MR) is 48.5 cm³/mol. The number of hydrogen-bond donors (Lipinski definition) is 1. The lowest BCUT2D eigenvalue weighted by Gasteiger charge is -1.99. The van der Waals surface area contributed by atoms with Crippen LogP contribution in [0.2, 0.25) is 0 Å². The molecule has 1 aromatic rings. The molecule has 2 N–H and O–H groups in total. The summed E-state index contributed by atoms with van der Waals surface area (Å²) < 4.78 is 22.6. The van der Waals surface area contributed by atoms with E-state index < -0.39 is 10.0 Å². The number of nitrogens with zero attached hydrogens (tertiary/aromatic N) is 4. The molecule has 0 amide bonds. The van der Waals surface area contributed by atoms with Gasteiger partial charge in [-0.2, -0.15) is 0 Å². The Hall–Kier alpha value is -1.02. The molecule has 7 nitrogen and oxygen atoms in total. The normalized spacial score (nSPS) is 11.8. The van der Waals surface area contributed by atoms with Crippen molar-refractivity contribution in [2.45, 2.75) is 25.8 Å². The molecule has 0 aliphatic carbocycles. The molecule has 0 aliphatic heterocycles. The van der Waals surface area contributed by atoms with Gasteiger partial charge < -0.3 is 0 Å². The van der Waals surface area contributed by atoms with Gasteiger partial charge in [-0.25, -0.2) is 18.2 Å². The average molecular weight is 218 g/mol. The van der Waals surface area contributed by atoms with E-state index in [4.69, 9.17) is 5.14 Å². The van der Waals surface area contributed by atoms with E-state index in [0.29, 0.717) is 13.0 Å². The van der Waals surface area contributed by atoms with Crippen molar-refractivity contribution in [3.8, 4) is 0 Å². The summed E-state index contributed by atoms with van der Waals surface area (Å²) in [6.45, 7) is 0.650. The highest BCUT2D eigenvalue weighted by atomic mass is 32.2. The van der Waals surface area contributed by atoms with Crippen LogP contribution >= 0.6 is 0 Å². The van der Waals surface area contributed by atoms with Crippen LogP contribution in [0.3, 0.4) is 0 Å². The van der Waals surface area contributed by atoms with E-state index in [1.807, 2.05) is 0 Å². The van der Waals surface area contributed by atoms with Crippen molar-refractivity contribution < 1.29 is 8.42 Å². The molecule has 1 rings (SSSR count). The van der Waals surface area contributed by atoms with Crippen molar-refractivity contribution in [1.29, 1.82) is 0 Å². The second-order valence-electron chi connectivity index (χ2n) is 2.93. The number of nitrogens with two attached hydrogens (primary N) is 1. The van der Waals surface area contributed by atoms with E-state index in [9.17, 15) is 8.42 Å². The molecule has 8 heteroatoms. The zero-order chi connectivity index (χ0) is 10.4. The molecule has 0 spiro atoms. The lowest BCUT2D eigenvalue weighted by atomic mass is 10.2. The lowest BCUT2D eigenvalue weighted by Crippen LogP contribution is -2.16. The Labute approximate surface area is 82.3 Å². The number of sulfonamides is 1. The molecule has 0 aliphatic rings.